The van der Waals surface area contributed by atoms with Crippen LogP contribution < -0.4 is 0 Å². The number of hydrogen-bond acceptors (Lipinski definition) is 2. The summed E-state index contributed by atoms with van der Waals surface area (Å²) in [5.74, 6) is 0.126. The Labute approximate surface area is 150 Å². The number of epoxide rings is 1. The van der Waals surface area contributed by atoms with Crippen LogP contribution in [0.1, 0.15) is 30.5 Å². The highest BCUT2D eigenvalue weighted by Gasteiger charge is 2.70. The van der Waals surface area contributed by atoms with Crippen molar-refractivity contribution in [3.05, 3.63) is 71.8 Å². The molecule has 0 saturated carbocycles. The second-order valence-electron chi connectivity index (χ2n) is 6.50. The van der Waals surface area contributed by atoms with Gasteiger partial charge in [-0.05, 0) is 17.5 Å². The summed E-state index contributed by atoms with van der Waals surface area (Å²) in [4.78, 5) is 15.0. The fourth-order valence-corrected chi connectivity index (χ4v) is 4.86. The quantitative estimate of drug-likeness (QED) is 0.441. The molecule has 2 aliphatic heterocycles. The molecule has 0 aliphatic carbocycles. The van der Waals surface area contributed by atoms with Crippen LogP contribution in [0.4, 0.5) is 0 Å². The smallest absolute Gasteiger partial charge is 0.245 e. The summed E-state index contributed by atoms with van der Waals surface area (Å²) < 4.78 is 5.16. The lowest BCUT2D eigenvalue weighted by Gasteiger charge is -2.53. The fraction of sp³-hybridized carbons (Fsp3) is 0.350. The van der Waals surface area contributed by atoms with Gasteiger partial charge in [-0.15, -0.1) is 0 Å². The first-order chi connectivity index (χ1) is 11.7. The Kier molecular flexibility index (Phi) is 3.97. The van der Waals surface area contributed by atoms with Gasteiger partial charge in [0.05, 0.1) is 12.1 Å². The number of alkyl halides is 1. The molecule has 0 unspecified atom stereocenters. The number of amides is 1. The molecule has 2 heterocycles. The van der Waals surface area contributed by atoms with Crippen molar-refractivity contribution in [2.45, 2.75) is 42.5 Å². The second-order valence-corrected chi connectivity index (χ2v) is 7.82. The van der Waals surface area contributed by atoms with Gasteiger partial charge in [-0.2, -0.15) is 0 Å². The van der Waals surface area contributed by atoms with Crippen LogP contribution in [0.25, 0.3) is 0 Å². The molecule has 1 amide bonds. The molecule has 124 valence electrons. The Hall–Kier alpha value is -1.65. The van der Waals surface area contributed by atoms with E-state index in [9.17, 15) is 4.79 Å². The summed E-state index contributed by atoms with van der Waals surface area (Å²) in [6.45, 7) is 2.72. The number of carbonyl (C=O) groups excluding carboxylic acids is 1. The minimum absolute atomic E-state index is 0.00652. The highest BCUT2D eigenvalue weighted by atomic mass is 79.9. The molecule has 4 atom stereocenters. The zero-order valence-electron chi connectivity index (χ0n) is 13.6. The summed E-state index contributed by atoms with van der Waals surface area (Å²) in [5.41, 5.74) is 2.29. The van der Waals surface area contributed by atoms with Crippen molar-refractivity contribution in [3.63, 3.8) is 0 Å². The molecule has 2 saturated heterocycles. The third-order valence-electron chi connectivity index (χ3n) is 5.01. The molecule has 0 N–H and O–H groups in total. The van der Waals surface area contributed by atoms with Crippen LogP contribution in [-0.2, 0) is 16.1 Å². The third-order valence-corrected chi connectivity index (χ3v) is 6.23. The molecule has 4 rings (SSSR count). The average Bonchev–Trinajstić information content (AvgIpc) is 3.42. The highest BCUT2D eigenvalue weighted by molar-refractivity contribution is 9.10. The van der Waals surface area contributed by atoms with E-state index in [-0.39, 0.29) is 24.2 Å². The largest absolute Gasteiger partial charge is 0.367 e. The Morgan fingerprint density at radius 2 is 1.71 bits per heavy atom. The van der Waals surface area contributed by atoms with Crippen LogP contribution in [0.5, 0.6) is 0 Å². The second kappa shape index (κ2) is 6.01. The summed E-state index contributed by atoms with van der Waals surface area (Å²) in [6, 6.07) is 20.4. The van der Waals surface area contributed by atoms with E-state index in [1.54, 1.807) is 0 Å². The number of nitrogens with zero attached hydrogens (tertiary/aromatic N) is 1. The monoisotopic (exact) mass is 385 g/mol. The standard InChI is InChI=1S/C20H20BrNO2/c1-2-16-18(24-16)20(21)17(15-11-7-4-8-12-15)22(19(20)23)13-14-9-5-3-6-10-14/h3-12,16-18H,2,13H2,1H3/t16-,17-,18+,20-/m0/s1. The third kappa shape index (κ3) is 2.40. The van der Waals surface area contributed by atoms with E-state index in [1.807, 2.05) is 41.3 Å². The van der Waals surface area contributed by atoms with Gasteiger partial charge in [0, 0.05) is 6.54 Å². The number of hydrogen-bond donors (Lipinski definition) is 0. The SMILES string of the molecule is CC[C@@H]1O[C@H]1[C@]1(Br)C(=O)N(Cc2ccccc2)[C@H]1c1ccccc1. The van der Waals surface area contributed by atoms with Crippen molar-refractivity contribution in [2.24, 2.45) is 0 Å². The predicted molar refractivity (Wildman–Crippen MR) is 96.8 cm³/mol. The Balaban J connectivity index is 1.66. The normalized spacial score (nSPS) is 31.7. The Bertz CT molecular complexity index is 736. The first-order valence-electron chi connectivity index (χ1n) is 8.40. The zero-order valence-corrected chi connectivity index (χ0v) is 15.1. The topological polar surface area (TPSA) is 32.8 Å². The van der Waals surface area contributed by atoms with Gasteiger partial charge in [-0.1, -0.05) is 83.5 Å². The Morgan fingerprint density at radius 1 is 1.08 bits per heavy atom. The summed E-state index contributed by atoms with van der Waals surface area (Å²) in [5, 5.41) is 0. The highest BCUT2D eigenvalue weighted by Crippen LogP contribution is 2.57. The lowest BCUT2D eigenvalue weighted by Crippen LogP contribution is -2.67. The number of benzene rings is 2. The van der Waals surface area contributed by atoms with Crippen molar-refractivity contribution < 1.29 is 9.53 Å². The van der Waals surface area contributed by atoms with E-state index >= 15 is 0 Å². The molecular formula is C20H20BrNO2. The molecule has 0 spiro atoms. The van der Waals surface area contributed by atoms with Crippen LogP contribution >= 0.6 is 15.9 Å². The van der Waals surface area contributed by atoms with E-state index in [2.05, 4.69) is 47.1 Å². The van der Waals surface area contributed by atoms with Crippen molar-refractivity contribution >= 4 is 21.8 Å². The summed E-state index contributed by atoms with van der Waals surface area (Å²) in [6.07, 6.45) is 1.08. The van der Waals surface area contributed by atoms with Gasteiger partial charge in [-0.25, -0.2) is 0 Å². The maximum Gasteiger partial charge on any atom is 0.245 e. The van der Waals surface area contributed by atoms with Crippen LogP contribution in [0, 0.1) is 0 Å². The summed E-state index contributed by atoms with van der Waals surface area (Å²) in [7, 11) is 0. The molecule has 2 aromatic rings. The molecular weight excluding hydrogens is 366 g/mol. The molecule has 3 nitrogen and oxygen atoms in total. The zero-order chi connectivity index (χ0) is 16.7. The average molecular weight is 386 g/mol. The Morgan fingerprint density at radius 3 is 2.29 bits per heavy atom. The maximum absolute atomic E-state index is 13.0. The molecule has 2 fully saturated rings. The van der Waals surface area contributed by atoms with Crippen molar-refractivity contribution in [1.82, 2.24) is 4.90 Å². The predicted octanol–water partition coefficient (Wildman–Crippen LogP) is 4.08. The molecule has 0 bridgehead atoms. The van der Waals surface area contributed by atoms with Crippen LogP contribution in [0.2, 0.25) is 0 Å². The van der Waals surface area contributed by atoms with Gasteiger partial charge in [0.25, 0.3) is 0 Å². The van der Waals surface area contributed by atoms with E-state index < -0.39 is 4.32 Å². The number of rotatable bonds is 5. The summed E-state index contributed by atoms with van der Waals surface area (Å²) >= 11 is 3.78. The molecule has 2 aromatic carbocycles. The molecule has 0 aromatic heterocycles. The molecule has 24 heavy (non-hydrogen) atoms. The fourth-order valence-electron chi connectivity index (χ4n) is 3.72. The number of likely N-dealkylation sites (tertiary alicyclic amines) is 1. The van der Waals surface area contributed by atoms with Gasteiger partial charge in [0.15, 0.2) is 4.32 Å². The van der Waals surface area contributed by atoms with Gasteiger partial charge in [-0.3, -0.25) is 4.79 Å². The number of β-lactam (4-membered cyclic amide) rings is 1. The molecule has 2 aliphatic rings. The molecule has 0 radical (unpaired) electrons. The maximum atomic E-state index is 13.0. The first kappa shape index (κ1) is 15.9. The van der Waals surface area contributed by atoms with E-state index in [0.717, 1.165) is 17.5 Å². The van der Waals surface area contributed by atoms with E-state index in [0.29, 0.717) is 6.54 Å². The van der Waals surface area contributed by atoms with Crippen molar-refractivity contribution in [1.29, 1.82) is 0 Å². The number of carbonyl (C=O) groups is 1. The van der Waals surface area contributed by atoms with Crippen molar-refractivity contribution in [2.75, 3.05) is 0 Å². The van der Waals surface area contributed by atoms with Crippen LogP contribution in [0.15, 0.2) is 60.7 Å². The lowest BCUT2D eigenvalue weighted by atomic mass is 9.78. The van der Waals surface area contributed by atoms with Crippen LogP contribution in [-0.4, -0.2) is 27.3 Å². The minimum atomic E-state index is -0.635. The van der Waals surface area contributed by atoms with Crippen LogP contribution in [0.3, 0.4) is 0 Å². The van der Waals surface area contributed by atoms with Gasteiger partial charge >= 0.3 is 0 Å². The molecule has 4 heteroatoms. The first-order valence-corrected chi connectivity index (χ1v) is 9.20. The lowest BCUT2D eigenvalue weighted by molar-refractivity contribution is -0.154. The minimum Gasteiger partial charge on any atom is -0.367 e. The van der Waals surface area contributed by atoms with Crippen molar-refractivity contribution in [3.8, 4) is 0 Å². The number of ether oxygens (including phenoxy) is 1. The van der Waals surface area contributed by atoms with Gasteiger partial charge in [0.2, 0.25) is 5.91 Å². The van der Waals surface area contributed by atoms with Gasteiger partial charge in [0.1, 0.15) is 6.10 Å². The van der Waals surface area contributed by atoms with E-state index in [4.69, 9.17) is 4.74 Å². The van der Waals surface area contributed by atoms with E-state index in [1.165, 1.54) is 0 Å². The van der Waals surface area contributed by atoms with Gasteiger partial charge < -0.3 is 9.64 Å². The number of halogens is 1.